The molecule has 0 aliphatic heterocycles. The van der Waals surface area contributed by atoms with Gasteiger partial charge in [0.25, 0.3) is 0 Å². The Balaban J connectivity index is 1.92. The first kappa shape index (κ1) is 13.0. The molecule has 1 aliphatic carbocycles. The number of hydrogen-bond donors (Lipinski definition) is 0. The second-order valence-electron chi connectivity index (χ2n) is 4.86. The molecule has 0 amide bonds. The Bertz CT molecular complexity index is 758. The molecule has 0 radical (unpaired) electrons. The van der Waals surface area contributed by atoms with E-state index in [0.29, 0.717) is 11.3 Å². The number of carbonyl (C=O) groups is 1. The van der Waals surface area contributed by atoms with E-state index >= 15 is 0 Å². The van der Waals surface area contributed by atoms with Gasteiger partial charge in [0, 0.05) is 18.4 Å². The van der Waals surface area contributed by atoms with Gasteiger partial charge in [0.1, 0.15) is 5.69 Å². The van der Waals surface area contributed by atoms with Gasteiger partial charge in [-0.05, 0) is 25.0 Å². The highest BCUT2D eigenvalue weighted by molar-refractivity contribution is 7.90. The number of aromatic nitrogens is 2. The van der Waals surface area contributed by atoms with E-state index in [0.717, 1.165) is 19.1 Å². The van der Waals surface area contributed by atoms with E-state index < -0.39 is 9.84 Å². The van der Waals surface area contributed by atoms with Crippen molar-refractivity contribution in [2.24, 2.45) is 0 Å². The average Bonchev–Trinajstić information content (AvgIpc) is 3.15. The Morgan fingerprint density at radius 2 is 2.05 bits per heavy atom. The Morgan fingerprint density at radius 3 is 2.60 bits per heavy atom. The van der Waals surface area contributed by atoms with Gasteiger partial charge in [-0.1, -0.05) is 5.16 Å². The van der Waals surface area contributed by atoms with Gasteiger partial charge in [-0.15, -0.1) is 0 Å². The molecule has 3 rings (SSSR count). The van der Waals surface area contributed by atoms with Crippen LogP contribution in [0.4, 0.5) is 0 Å². The van der Waals surface area contributed by atoms with Crippen LogP contribution >= 0.6 is 0 Å². The van der Waals surface area contributed by atoms with Crippen LogP contribution in [0.5, 0.6) is 0 Å². The number of rotatable bonds is 4. The highest BCUT2D eigenvalue weighted by Gasteiger charge is 2.32. The standard InChI is InChI=1S/C13H12N2O4S/c1-20(17,18)9-4-5-11(14-6-9)12(16)10-7-15-19-13(10)8-2-3-8/h4-8H,2-3H2,1H3. The van der Waals surface area contributed by atoms with Crippen molar-refractivity contribution >= 4 is 15.6 Å². The van der Waals surface area contributed by atoms with Crippen molar-refractivity contribution < 1.29 is 17.7 Å². The lowest BCUT2D eigenvalue weighted by Crippen LogP contribution is -2.06. The van der Waals surface area contributed by atoms with Crippen LogP contribution in [0.15, 0.2) is 33.9 Å². The third-order valence-electron chi connectivity index (χ3n) is 3.19. The summed E-state index contributed by atoms with van der Waals surface area (Å²) in [4.78, 5) is 16.3. The van der Waals surface area contributed by atoms with Crippen molar-refractivity contribution in [1.29, 1.82) is 0 Å². The maximum atomic E-state index is 12.3. The summed E-state index contributed by atoms with van der Waals surface area (Å²) in [6.07, 6.45) is 5.66. The van der Waals surface area contributed by atoms with Crippen LogP contribution < -0.4 is 0 Å². The third kappa shape index (κ3) is 2.36. The van der Waals surface area contributed by atoms with Crippen LogP contribution in [0.1, 0.15) is 40.6 Å². The SMILES string of the molecule is CS(=O)(=O)c1ccc(C(=O)c2cnoc2C2CC2)nc1. The van der Waals surface area contributed by atoms with Gasteiger partial charge in [-0.2, -0.15) is 0 Å². The number of carbonyl (C=O) groups excluding carboxylic acids is 1. The number of nitrogens with zero attached hydrogens (tertiary/aromatic N) is 2. The number of hydrogen-bond acceptors (Lipinski definition) is 6. The molecule has 0 saturated heterocycles. The predicted molar refractivity (Wildman–Crippen MR) is 69.3 cm³/mol. The molecule has 1 fully saturated rings. The van der Waals surface area contributed by atoms with Crippen molar-refractivity contribution in [3.05, 3.63) is 41.5 Å². The predicted octanol–water partition coefficient (Wildman–Crippen LogP) is 1.58. The van der Waals surface area contributed by atoms with Gasteiger partial charge in [-0.3, -0.25) is 9.78 Å². The minimum absolute atomic E-state index is 0.0850. The Kier molecular flexibility index (Phi) is 2.93. The molecule has 1 aliphatic rings. The van der Waals surface area contributed by atoms with Crippen molar-refractivity contribution in [1.82, 2.24) is 10.1 Å². The lowest BCUT2D eigenvalue weighted by Gasteiger charge is -2.01. The van der Waals surface area contributed by atoms with Crippen molar-refractivity contribution in [3.63, 3.8) is 0 Å². The summed E-state index contributed by atoms with van der Waals surface area (Å²) < 4.78 is 27.8. The zero-order valence-electron chi connectivity index (χ0n) is 10.7. The van der Waals surface area contributed by atoms with Gasteiger partial charge in [0.2, 0.25) is 5.78 Å². The first-order valence-corrected chi connectivity index (χ1v) is 8.01. The Labute approximate surface area is 115 Å². The normalized spacial score (nSPS) is 15.2. The van der Waals surface area contributed by atoms with Gasteiger partial charge < -0.3 is 4.52 Å². The molecule has 6 nitrogen and oxygen atoms in total. The summed E-state index contributed by atoms with van der Waals surface area (Å²) in [6.45, 7) is 0. The highest BCUT2D eigenvalue weighted by atomic mass is 32.2. The number of pyridine rings is 1. The van der Waals surface area contributed by atoms with E-state index in [9.17, 15) is 13.2 Å². The maximum absolute atomic E-state index is 12.3. The van der Waals surface area contributed by atoms with E-state index in [2.05, 4.69) is 10.1 Å². The molecule has 104 valence electrons. The van der Waals surface area contributed by atoms with Crippen LogP contribution in [-0.4, -0.2) is 30.6 Å². The molecule has 20 heavy (non-hydrogen) atoms. The fourth-order valence-electron chi connectivity index (χ4n) is 1.93. The zero-order valence-corrected chi connectivity index (χ0v) is 11.6. The van der Waals surface area contributed by atoms with Crippen molar-refractivity contribution in [2.75, 3.05) is 6.26 Å². The summed E-state index contributed by atoms with van der Waals surface area (Å²) in [6, 6.07) is 2.78. The number of ketones is 1. The summed E-state index contributed by atoms with van der Waals surface area (Å²) in [5.41, 5.74) is 0.592. The molecule has 0 unspecified atom stereocenters. The van der Waals surface area contributed by atoms with Gasteiger partial charge in [0.15, 0.2) is 15.6 Å². The molecular weight excluding hydrogens is 280 g/mol. The fraction of sp³-hybridized carbons (Fsp3) is 0.308. The van der Waals surface area contributed by atoms with Gasteiger partial charge in [-0.25, -0.2) is 8.42 Å². The van der Waals surface area contributed by atoms with Crippen LogP contribution in [0.2, 0.25) is 0 Å². The van der Waals surface area contributed by atoms with Crippen molar-refractivity contribution in [3.8, 4) is 0 Å². The molecule has 7 heteroatoms. The second-order valence-corrected chi connectivity index (χ2v) is 6.87. The second kappa shape index (κ2) is 4.52. The molecule has 2 aromatic rings. The molecule has 0 N–H and O–H groups in total. The van der Waals surface area contributed by atoms with E-state index in [1.807, 2.05) is 0 Å². The Morgan fingerprint density at radius 1 is 1.30 bits per heavy atom. The lowest BCUT2D eigenvalue weighted by atomic mass is 10.1. The van der Waals surface area contributed by atoms with Crippen LogP contribution in [0.25, 0.3) is 0 Å². The fourth-order valence-corrected chi connectivity index (χ4v) is 2.49. The van der Waals surface area contributed by atoms with Crippen LogP contribution in [-0.2, 0) is 9.84 Å². The lowest BCUT2D eigenvalue weighted by molar-refractivity contribution is 0.103. The van der Waals surface area contributed by atoms with Gasteiger partial charge >= 0.3 is 0 Å². The monoisotopic (exact) mass is 292 g/mol. The van der Waals surface area contributed by atoms with Crippen molar-refractivity contribution in [2.45, 2.75) is 23.7 Å². The molecule has 2 heterocycles. The first-order chi connectivity index (χ1) is 9.47. The third-order valence-corrected chi connectivity index (χ3v) is 4.29. The first-order valence-electron chi connectivity index (χ1n) is 6.12. The zero-order chi connectivity index (χ0) is 14.3. The topological polar surface area (TPSA) is 90.1 Å². The summed E-state index contributed by atoms with van der Waals surface area (Å²) in [5.74, 6) is 0.573. The van der Waals surface area contributed by atoms with Crippen LogP contribution in [0, 0.1) is 0 Å². The molecule has 0 bridgehead atoms. The molecule has 1 saturated carbocycles. The maximum Gasteiger partial charge on any atom is 0.216 e. The largest absolute Gasteiger partial charge is 0.360 e. The average molecular weight is 292 g/mol. The summed E-state index contributed by atoms with van der Waals surface area (Å²) in [5, 5.41) is 3.67. The molecular formula is C13H12N2O4S. The summed E-state index contributed by atoms with van der Waals surface area (Å²) in [7, 11) is -3.32. The Hall–Kier alpha value is -2.02. The van der Waals surface area contributed by atoms with Gasteiger partial charge in [0.05, 0.1) is 16.7 Å². The molecule has 0 atom stereocenters. The smallest absolute Gasteiger partial charge is 0.216 e. The van der Waals surface area contributed by atoms with E-state index in [1.165, 1.54) is 24.5 Å². The van der Waals surface area contributed by atoms with E-state index in [4.69, 9.17) is 4.52 Å². The molecule has 0 spiro atoms. The van der Waals surface area contributed by atoms with E-state index in [-0.39, 0.29) is 22.3 Å². The minimum atomic E-state index is -3.32. The quantitative estimate of drug-likeness (QED) is 0.795. The molecule has 0 aromatic carbocycles. The van der Waals surface area contributed by atoms with E-state index in [1.54, 1.807) is 0 Å². The summed E-state index contributed by atoms with van der Waals surface area (Å²) >= 11 is 0. The highest BCUT2D eigenvalue weighted by Crippen LogP contribution is 2.41. The minimum Gasteiger partial charge on any atom is -0.360 e. The van der Waals surface area contributed by atoms with Crippen LogP contribution in [0.3, 0.4) is 0 Å². The molecule has 2 aromatic heterocycles. The number of sulfone groups is 1.